The zero-order valence-corrected chi connectivity index (χ0v) is 16.7. The first-order valence-electron chi connectivity index (χ1n) is 9.98. The number of nitrogens with two attached hydrogens (primary N) is 1. The van der Waals surface area contributed by atoms with Gasteiger partial charge in [-0.1, -0.05) is 60.7 Å². The van der Waals surface area contributed by atoms with Crippen molar-refractivity contribution < 1.29 is 15.0 Å². The fraction of sp³-hybridized carbons (Fsp3) is 0.250. The van der Waals surface area contributed by atoms with Gasteiger partial charge in [0.25, 0.3) is 0 Å². The van der Waals surface area contributed by atoms with Gasteiger partial charge in [0.1, 0.15) is 0 Å². The number of carbonyl (C=O) groups is 1. The van der Waals surface area contributed by atoms with E-state index in [-0.39, 0.29) is 6.04 Å². The molecule has 0 aliphatic carbocycles. The van der Waals surface area contributed by atoms with Gasteiger partial charge in [0, 0.05) is 17.8 Å². The van der Waals surface area contributed by atoms with Gasteiger partial charge in [0.05, 0.1) is 17.8 Å². The van der Waals surface area contributed by atoms with Crippen LogP contribution >= 0.6 is 0 Å². The first-order chi connectivity index (χ1) is 14.5. The minimum absolute atomic E-state index is 0.291. The van der Waals surface area contributed by atoms with Crippen molar-refractivity contribution >= 4 is 6.09 Å². The maximum Gasteiger partial charge on any atom is 0.404 e. The standard InChI is InChI=1S/C24H27N3O3/c25-20(14-18-9-11-19(12-10-18)21-8-4-5-13-26-21)16-23(28)22(27-24(29)30)15-17-6-2-1-3-7-17/h1-13,20,22-23,27-28H,14-16,25H2,(H,29,30)/t20?,22-,23+/m0/s1. The molecule has 1 amide bonds. The van der Waals surface area contributed by atoms with Gasteiger partial charge in [0.2, 0.25) is 0 Å². The molecular formula is C24H27N3O3. The maximum atomic E-state index is 11.2. The highest BCUT2D eigenvalue weighted by Gasteiger charge is 2.23. The van der Waals surface area contributed by atoms with Crippen molar-refractivity contribution in [1.29, 1.82) is 0 Å². The van der Waals surface area contributed by atoms with Gasteiger partial charge in [-0.25, -0.2) is 4.79 Å². The summed E-state index contributed by atoms with van der Waals surface area (Å²) in [6.07, 6.45) is 1.000. The normalized spacial score (nSPS) is 13.9. The second kappa shape index (κ2) is 10.5. The van der Waals surface area contributed by atoms with Crippen LogP contribution in [0.2, 0.25) is 0 Å². The quantitative estimate of drug-likeness (QED) is 0.437. The van der Waals surface area contributed by atoms with E-state index in [1.54, 1.807) is 6.20 Å². The molecule has 0 saturated heterocycles. The van der Waals surface area contributed by atoms with E-state index in [0.717, 1.165) is 22.4 Å². The molecule has 3 atom stereocenters. The third-order valence-electron chi connectivity index (χ3n) is 5.03. The highest BCUT2D eigenvalue weighted by atomic mass is 16.4. The molecule has 156 valence electrons. The average molecular weight is 405 g/mol. The summed E-state index contributed by atoms with van der Waals surface area (Å²) in [6, 6.07) is 22.4. The Morgan fingerprint density at radius 3 is 2.23 bits per heavy atom. The molecule has 0 aliphatic rings. The Kier molecular flexibility index (Phi) is 7.54. The zero-order valence-electron chi connectivity index (χ0n) is 16.7. The molecule has 0 fully saturated rings. The molecule has 3 rings (SSSR count). The molecular weight excluding hydrogens is 378 g/mol. The van der Waals surface area contributed by atoms with Crippen molar-refractivity contribution in [3.05, 3.63) is 90.1 Å². The molecule has 0 saturated carbocycles. The van der Waals surface area contributed by atoms with Crippen LogP contribution in [0.5, 0.6) is 0 Å². The van der Waals surface area contributed by atoms with Crippen LogP contribution in [0, 0.1) is 0 Å². The number of aliphatic hydroxyl groups is 1. The number of rotatable bonds is 9. The summed E-state index contributed by atoms with van der Waals surface area (Å²) in [5.74, 6) is 0. The van der Waals surface area contributed by atoms with E-state index in [1.165, 1.54) is 0 Å². The third kappa shape index (κ3) is 6.40. The molecule has 6 heteroatoms. The second-order valence-corrected chi connectivity index (χ2v) is 7.42. The summed E-state index contributed by atoms with van der Waals surface area (Å²) in [5, 5.41) is 22.2. The third-order valence-corrected chi connectivity index (χ3v) is 5.03. The second-order valence-electron chi connectivity index (χ2n) is 7.42. The Morgan fingerprint density at radius 2 is 1.60 bits per heavy atom. The van der Waals surface area contributed by atoms with Gasteiger partial charge >= 0.3 is 6.09 Å². The molecule has 0 spiro atoms. The van der Waals surface area contributed by atoms with E-state index in [9.17, 15) is 9.90 Å². The summed E-state index contributed by atoms with van der Waals surface area (Å²) >= 11 is 0. The van der Waals surface area contributed by atoms with Crippen molar-refractivity contribution in [2.45, 2.75) is 37.5 Å². The van der Waals surface area contributed by atoms with Crippen LogP contribution in [0.1, 0.15) is 17.5 Å². The molecule has 6 nitrogen and oxygen atoms in total. The summed E-state index contributed by atoms with van der Waals surface area (Å²) < 4.78 is 0. The van der Waals surface area contributed by atoms with Crippen molar-refractivity contribution in [2.24, 2.45) is 5.73 Å². The predicted molar refractivity (Wildman–Crippen MR) is 117 cm³/mol. The number of benzene rings is 2. The first-order valence-corrected chi connectivity index (χ1v) is 9.98. The van der Waals surface area contributed by atoms with Gasteiger partial charge in [-0.05, 0) is 42.5 Å². The number of hydrogen-bond acceptors (Lipinski definition) is 4. The maximum absolute atomic E-state index is 11.2. The fourth-order valence-electron chi connectivity index (χ4n) is 3.52. The van der Waals surface area contributed by atoms with Gasteiger partial charge in [0.15, 0.2) is 0 Å². The summed E-state index contributed by atoms with van der Waals surface area (Å²) in [7, 11) is 0. The highest BCUT2D eigenvalue weighted by Crippen LogP contribution is 2.18. The monoisotopic (exact) mass is 405 g/mol. The van der Waals surface area contributed by atoms with E-state index in [2.05, 4.69) is 10.3 Å². The number of nitrogens with one attached hydrogen (secondary N) is 1. The lowest BCUT2D eigenvalue weighted by molar-refractivity contribution is 0.105. The lowest BCUT2D eigenvalue weighted by Crippen LogP contribution is -2.46. The van der Waals surface area contributed by atoms with E-state index in [1.807, 2.05) is 72.8 Å². The Morgan fingerprint density at radius 1 is 0.933 bits per heavy atom. The van der Waals surface area contributed by atoms with Gasteiger partial charge in [-0.15, -0.1) is 0 Å². The number of nitrogens with zero attached hydrogens (tertiary/aromatic N) is 1. The first kappa shape index (κ1) is 21.5. The minimum Gasteiger partial charge on any atom is -0.465 e. The molecule has 30 heavy (non-hydrogen) atoms. The van der Waals surface area contributed by atoms with E-state index >= 15 is 0 Å². The van der Waals surface area contributed by atoms with Crippen LogP contribution in [0.25, 0.3) is 11.3 Å². The molecule has 5 N–H and O–H groups in total. The number of carboxylic acid groups (broad SMARTS) is 1. The molecule has 1 aromatic heterocycles. The Balaban J connectivity index is 1.59. The number of aromatic nitrogens is 1. The molecule has 3 aromatic rings. The number of hydrogen-bond donors (Lipinski definition) is 4. The molecule has 0 bridgehead atoms. The molecule has 0 radical (unpaired) electrons. The van der Waals surface area contributed by atoms with Crippen molar-refractivity contribution in [1.82, 2.24) is 10.3 Å². The van der Waals surface area contributed by atoms with E-state index in [4.69, 9.17) is 10.8 Å². The van der Waals surface area contributed by atoms with Crippen LogP contribution < -0.4 is 11.1 Å². The Labute approximate surface area is 176 Å². The fourth-order valence-corrected chi connectivity index (χ4v) is 3.52. The Bertz CT molecular complexity index is 917. The largest absolute Gasteiger partial charge is 0.465 e. The van der Waals surface area contributed by atoms with Crippen LogP contribution in [-0.2, 0) is 12.8 Å². The summed E-state index contributed by atoms with van der Waals surface area (Å²) in [6.45, 7) is 0. The number of amides is 1. The van der Waals surface area contributed by atoms with Crippen LogP contribution in [0.3, 0.4) is 0 Å². The molecule has 0 aliphatic heterocycles. The van der Waals surface area contributed by atoms with E-state index in [0.29, 0.717) is 19.3 Å². The number of pyridine rings is 1. The minimum atomic E-state index is -1.16. The van der Waals surface area contributed by atoms with Crippen molar-refractivity contribution in [3.63, 3.8) is 0 Å². The van der Waals surface area contributed by atoms with Gasteiger partial charge in [-0.2, -0.15) is 0 Å². The van der Waals surface area contributed by atoms with Crippen LogP contribution in [0.4, 0.5) is 4.79 Å². The Hall–Kier alpha value is -3.22. The molecule has 1 heterocycles. The SMILES string of the molecule is NC(Cc1ccc(-c2ccccn2)cc1)C[C@@H](O)[C@H](Cc1ccccc1)NC(=O)O. The van der Waals surface area contributed by atoms with Gasteiger partial charge in [-0.3, -0.25) is 4.98 Å². The topological polar surface area (TPSA) is 108 Å². The van der Waals surface area contributed by atoms with Crippen molar-refractivity contribution in [3.8, 4) is 11.3 Å². The van der Waals surface area contributed by atoms with Crippen LogP contribution in [0.15, 0.2) is 79.0 Å². The molecule has 1 unspecified atom stereocenters. The van der Waals surface area contributed by atoms with Crippen molar-refractivity contribution in [2.75, 3.05) is 0 Å². The lowest BCUT2D eigenvalue weighted by atomic mass is 9.94. The smallest absolute Gasteiger partial charge is 0.404 e. The summed E-state index contributed by atoms with van der Waals surface area (Å²) in [5.41, 5.74) is 10.2. The zero-order chi connectivity index (χ0) is 21.3. The highest BCUT2D eigenvalue weighted by molar-refractivity contribution is 5.65. The number of aliphatic hydroxyl groups excluding tert-OH is 1. The summed E-state index contributed by atoms with van der Waals surface area (Å²) in [4.78, 5) is 15.5. The lowest BCUT2D eigenvalue weighted by Gasteiger charge is -2.25. The predicted octanol–water partition coefficient (Wildman–Crippen LogP) is 3.25. The van der Waals surface area contributed by atoms with Crippen LogP contribution in [-0.4, -0.2) is 39.5 Å². The van der Waals surface area contributed by atoms with Gasteiger partial charge < -0.3 is 21.3 Å². The van der Waals surface area contributed by atoms with E-state index < -0.39 is 18.2 Å². The molecule has 2 aromatic carbocycles. The average Bonchev–Trinajstić information content (AvgIpc) is 2.75.